The minimum atomic E-state index is -0.420. The third-order valence-corrected chi connectivity index (χ3v) is 6.75. The van der Waals surface area contributed by atoms with Crippen LogP contribution in [-0.4, -0.2) is 53.2 Å². The molecule has 1 amide bonds. The van der Waals surface area contributed by atoms with E-state index in [-0.39, 0.29) is 24.2 Å². The summed E-state index contributed by atoms with van der Waals surface area (Å²) in [5.74, 6) is -0.829. The first kappa shape index (κ1) is 24.1. The van der Waals surface area contributed by atoms with E-state index in [0.717, 1.165) is 29.7 Å². The van der Waals surface area contributed by atoms with Crippen molar-refractivity contribution in [3.8, 4) is 0 Å². The summed E-state index contributed by atoms with van der Waals surface area (Å²) in [7, 11) is 0. The van der Waals surface area contributed by atoms with E-state index in [4.69, 9.17) is 9.84 Å². The largest absolute Gasteiger partial charge is 0.465 e. The Hall–Kier alpha value is -3.06. The average Bonchev–Trinajstić information content (AvgIpc) is 3.27. The normalized spacial score (nSPS) is 20.8. The topological polar surface area (TPSA) is 62.2 Å². The maximum atomic E-state index is 14.1. The van der Waals surface area contributed by atoms with E-state index < -0.39 is 12.1 Å². The van der Waals surface area contributed by atoms with Gasteiger partial charge in [0.1, 0.15) is 11.9 Å². The number of aryl methyl sites for hydroxylation is 2. The van der Waals surface area contributed by atoms with Crippen LogP contribution in [0.4, 0.5) is 4.39 Å². The Labute approximate surface area is 200 Å². The molecule has 7 heteroatoms. The van der Waals surface area contributed by atoms with E-state index in [9.17, 15) is 14.0 Å². The van der Waals surface area contributed by atoms with Gasteiger partial charge in [-0.1, -0.05) is 30.7 Å². The fraction of sp³-hybridized carbons (Fsp3) is 0.444. The van der Waals surface area contributed by atoms with Crippen molar-refractivity contribution in [2.24, 2.45) is 5.10 Å². The molecule has 2 heterocycles. The van der Waals surface area contributed by atoms with Crippen molar-refractivity contribution in [2.75, 3.05) is 19.7 Å². The zero-order chi connectivity index (χ0) is 24.2. The lowest BCUT2D eigenvalue weighted by Crippen LogP contribution is -2.49. The number of likely N-dealkylation sites (tertiary alicyclic amines) is 1. The number of esters is 1. The summed E-state index contributed by atoms with van der Waals surface area (Å²) in [6, 6.07) is 11.7. The highest BCUT2D eigenvalue weighted by Crippen LogP contribution is 2.34. The third kappa shape index (κ3) is 5.20. The van der Waals surface area contributed by atoms with E-state index >= 15 is 0 Å². The second-order valence-electron chi connectivity index (χ2n) is 9.09. The fourth-order valence-electron chi connectivity index (χ4n) is 4.74. The Bertz CT molecular complexity index is 1100. The van der Waals surface area contributed by atoms with Gasteiger partial charge in [-0.25, -0.2) is 9.40 Å². The summed E-state index contributed by atoms with van der Waals surface area (Å²) >= 11 is 0. The molecule has 2 aliphatic heterocycles. The number of ether oxygens (including phenoxy) is 1. The van der Waals surface area contributed by atoms with Crippen molar-refractivity contribution >= 4 is 17.6 Å². The van der Waals surface area contributed by atoms with Gasteiger partial charge in [0.25, 0.3) is 5.91 Å². The van der Waals surface area contributed by atoms with Gasteiger partial charge in [-0.2, -0.15) is 5.10 Å². The first-order valence-electron chi connectivity index (χ1n) is 12.0. The zero-order valence-electron chi connectivity index (χ0n) is 20.1. The van der Waals surface area contributed by atoms with Crippen molar-refractivity contribution in [3.63, 3.8) is 0 Å². The minimum absolute atomic E-state index is 0.0685. The summed E-state index contributed by atoms with van der Waals surface area (Å²) in [5, 5.41) is 6.21. The second-order valence-corrected chi connectivity index (χ2v) is 9.09. The minimum Gasteiger partial charge on any atom is -0.465 e. The maximum absolute atomic E-state index is 14.1. The van der Waals surface area contributed by atoms with Crippen LogP contribution in [0.3, 0.4) is 0 Å². The Kier molecular flexibility index (Phi) is 7.41. The number of nitrogens with zero attached hydrogens (tertiary/aromatic N) is 3. The Morgan fingerprint density at radius 3 is 2.68 bits per heavy atom. The van der Waals surface area contributed by atoms with E-state index in [1.807, 2.05) is 30.0 Å². The lowest BCUT2D eigenvalue weighted by Gasteiger charge is -2.34. The predicted octanol–water partition coefficient (Wildman–Crippen LogP) is 4.54. The molecular formula is C27H32FN3O3. The molecule has 0 aromatic heterocycles. The molecular weight excluding hydrogens is 433 g/mol. The number of piperidine rings is 1. The first-order valence-corrected chi connectivity index (χ1v) is 12.0. The van der Waals surface area contributed by atoms with Gasteiger partial charge in [0.2, 0.25) is 0 Å². The quantitative estimate of drug-likeness (QED) is 0.588. The number of carbonyl (C=O) groups is 2. The lowest BCUT2D eigenvalue weighted by atomic mass is 9.96. The van der Waals surface area contributed by atoms with Crippen LogP contribution in [0.1, 0.15) is 60.9 Å². The van der Waals surface area contributed by atoms with Crippen molar-refractivity contribution in [1.29, 1.82) is 0 Å². The summed E-state index contributed by atoms with van der Waals surface area (Å²) in [6.07, 6.45) is 3.03. The average molecular weight is 466 g/mol. The van der Waals surface area contributed by atoms with Gasteiger partial charge in [-0.05, 0) is 80.6 Å². The SMILES string of the molecule is CCOC(=O)[C@H]1CCCCN1CC(=O)N1N=C(c2ccc(C)c(C)c2)C[C@@H]1c1cccc(F)c1. The Morgan fingerprint density at radius 1 is 1.12 bits per heavy atom. The van der Waals surface area contributed by atoms with Crippen LogP contribution < -0.4 is 0 Å². The van der Waals surface area contributed by atoms with Crippen LogP contribution in [0, 0.1) is 19.7 Å². The lowest BCUT2D eigenvalue weighted by molar-refractivity contribution is -0.152. The van der Waals surface area contributed by atoms with E-state index in [1.54, 1.807) is 13.0 Å². The first-order chi connectivity index (χ1) is 16.4. The second kappa shape index (κ2) is 10.5. The summed E-state index contributed by atoms with van der Waals surface area (Å²) in [4.78, 5) is 27.9. The zero-order valence-corrected chi connectivity index (χ0v) is 20.1. The third-order valence-electron chi connectivity index (χ3n) is 6.75. The number of hydrogen-bond acceptors (Lipinski definition) is 5. The van der Waals surface area contributed by atoms with Crippen LogP contribution >= 0.6 is 0 Å². The molecule has 0 saturated carbocycles. The van der Waals surface area contributed by atoms with Gasteiger partial charge in [0.15, 0.2) is 0 Å². The van der Waals surface area contributed by atoms with Gasteiger partial charge in [-0.15, -0.1) is 0 Å². The van der Waals surface area contributed by atoms with Crippen LogP contribution in [0.25, 0.3) is 0 Å². The van der Waals surface area contributed by atoms with Crippen LogP contribution in [-0.2, 0) is 14.3 Å². The molecule has 0 radical (unpaired) electrons. The fourth-order valence-corrected chi connectivity index (χ4v) is 4.74. The van der Waals surface area contributed by atoms with Gasteiger partial charge in [-0.3, -0.25) is 14.5 Å². The molecule has 0 unspecified atom stereocenters. The van der Waals surface area contributed by atoms with Crippen LogP contribution in [0.15, 0.2) is 47.6 Å². The number of carbonyl (C=O) groups excluding carboxylic acids is 2. The molecule has 0 bridgehead atoms. The van der Waals surface area contributed by atoms with E-state index in [1.165, 1.54) is 22.7 Å². The number of hydrogen-bond donors (Lipinski definition) is 0. The van der Waals surface area contributed by atoms with Gasteiger partial charge >= 0.3 is 5.97 Å². The molecule has 2 atom stereocenters. The van der Waals surface area contributed by atoms with Crippen molar-refractivity contribution in [1.82, 2.24) is 9.91 Å². The van der Waals surface area contributed by atoms with Crippen molar-refractivity contribution < 1.29 is 18.7 Å². The molecule has 1 fully saturated rings. The van der Waals surface area contributed by atoms with Gasteiger partial charge in [0.05, 0.1) is 24.9 Å². The van der Waals surface area contributed by atoms with E-state index in [2.05, 4.69) is 13.0 Å². The highest BCUT2D eigenvalue weighted by Gasteiger charge is 2.37. The van der Waals surface area contributed by atoms with E-state index in [0.29, 0.717) is 31.6 Å². The predicted molar refractivity (Wildman–Crippen MR) is 129 cm³/mol. The van der Waals surface area contributed by atoms with Crippen LogP contribution in [0.2, 0.25) is 0 Å². The number of amides is 1. The molecule has 34 heavy (non-hydrogen) atoms. The molecule has 0 aliphatic carbocycles. The summed E-state index contributed by atoms with van der Waals surface area (Å²) in [5.41, 5.74) is 4.80. The smallest absolute Gasteiger partial charge is 0.323 e. The highest BCUT2D eigenvalue weighted by molar-refractivity contribution is 6.03. The molecule has 6 nitrogen and oxygen atoms in total. The maximum Gasteiger partial charge on any atom is 0.323 e. The summed E-state index contributed by atoms with van der Waals surface area (Å²) < 4.78 is 19.3. The molecule has 2 aromatic rings. The monoisotopic (exact) mass is 465 g/mol. The Balaban J connectivity index is 1.61. The molecule has 4 rings (SSSR count). The van der Waals surface area contributed by atoms with Gasteiger partial charge < -0.3 is 4.74 Å². The Morgan fingerprint density at radius 2 is 1.94 bits per heavy atom. The molecule has 2 aliphatic rings. The standard InChI is InChI=1S/C27H32FN3O3/c1-4-34-27(33)24-10-5-6-13-30(24)17-26(32)31-25(21-8-7-9-22(28)15-21)16-23(29-31)20-12-11-18(2)19(3)14-20/h7-9,11-12,14-15,24-25H,4-6,10,13,16-17H2,1-3H3/t24-,25-/m1/s1. The van der Waals surface area contributed by atoms with Gasteiger partial charge in [0, 0.05) is 6.42 Å². The van der Waals surface area contributed by atoms with Crippen LogP contribution in [0.5, 0.6) is 0 Å². The molecule has 0 spiro atoms. The summed E-state index contributed by atoms with van der Waals surface area (Å²) in [6.45, 7) is 6.93. The number of benzene rings is 2. The molecule has 0 N–H and O–H groups in total. The van der Waals surface area contributed by atoms with Crippen molar-refractivity contribution in [3.05, 3.63) is 70.5 Å². The molecule has 2 aromatic carbocycles. The van der Waals surface area contributed by atoms with Crippen molar-refractivity contribution in [2.45, 2.75) is 58.5 Å². The molecule has 180 valence electrons. The molecule has 1 saturated heterocycles. The highest BCUT2D eigenvalue weighted by atomic mass is 19.1. The number of hydrazone groups is 1. The number of halogens is 1. The number of rotatable bonds is 6.